The number of hydrogen-bond donors (Lipinski definition) is 0. The molecule has 3 heteroatoms. The van der Waals surface area contributed by atoms with Crippen LogP contribution in [0.25, 0.3) is 0 Å². The Morgan fingerprint density at radius 2 is 1.94 bits per heavy atom. The fourth-order valence-electron chi connectivity index (χ4n) is 1.33. The SMILES string of the molecule is CN(C)C(=O)COc1cccc(C(C)(C)C)c1. The summed E-state index contributed by atoms with van der Waals surface area (Å²) in [6, 6.07) is 7.89. The first-order valence-electron chi connectivity index (χ1n) is 5.74. The zero-order valence-corrected chi connectivity index (χ0v) is 11.3. The van der Waals surface area contributed by atoms with Crippen LogP contribution in [0.3, 0.4) is 0 Å². The zero-order valence-electron chi connectivity index (χ0n) is 11.3. The number of likely N-dealkylation sites (N-methyl/N-ethyl adjacent to an activating group) is 1. The first-order valence-corrected chi connectivity index (χ1v) is 5.74. The second-order valence-corrected chi connectivity index (χ2v) is 5.35. The Bertz CT molecular complexity index is 391. The highest BCUT2D eigenvalue weighted by molar-refractivity contribution is 5.77. The monoisotopic (exact) mass is 235 g/mol. The van der Waals surface area contributed by atoms with E-state index < -0.39 is 0 Å². The molecule has 0 atom stereocenters. The van der Waals surface area contributed by atoms with Crippen molar-refractivity contribution in [2.45, 2.75) is 26.2 Å². The minimum Gasteiger partial charge on any atom is -0.484 e. The Hall–Kier alpha value is -1.51. The fraction of sp³-hybridized carbons (Fsp3) is 0.500. The minimum atomic E-state index is -0.0360. The molecule has 0 fully saturated rings. The third kappa shape index (κ3) is 4.10. The maximum atomic E-state index is 11.4. The molecule has 0 aliphatic rings. The lowest BCUT2D eigenvalue weighted by molar-refractivity contribution is -0.130. The number of ether oxygens (including phenoxy) is 1. The molecular formula is C14H21NO2. The minimum absolute atomic E-state index is 0.0360. The molecule has 0 saturated carbocycles. The summed E-state index contributed by atoms with van der Waals surface area (Å²) in [5.41, 5.74) is 1.29. The van der Waals surface area contributed by atoms with E-state index in [4.69, 9.17) is 4.74 Å². The van der Waals surface area contributed by atoms with Gasteiger partial charge in [0.05, 0.1) is 0 Å². The van der Waals surface area contributed by atoms with Gasteiger partial charge in [-0.1, -0.05) is 32.9 Å². The third-order valence-corrected chi connectivity index (χ3v) is 2.56. The molecule has 1 rings (SSSR count). The molecule has 0 spiro atoms. The average molecular weight is 235 g/mol. The largest absolute Gasteiger partial charge is 0.484 e. The summed E-state index contributed by atoms with van der Waals surface area (Å²) in [6.45, 7) is 6.53. The predicted molar refractivity (Wildman–Crippen MR) is 69.3 cm³/mol. The van der Waals surface area contributed by atoms with Gasteiger partial charge in [0.25, 0.3) is 5.91 Å². The van der Waals surface area contributed by atoms with Gasteiger partial charge < -0.3 is 9.64 Å². The van der Waals surface area contributed by atoms with E-state index in [0.717, 1.165) is 5.75 Å². The molecule has 0 aromatic heterocycles. The summed E-state index contributed by atoms with van der Waals surface area (Å²) >= 11 is 0. The van der Waals surface area contributed by atoms with Crippen molar-refractivity contribution in [2.75, 3.05) is 20.7 Å². The van der Waals surface area contributed by atoms with Crippen LogP contribution in [0.4, 0.5) is 0 Å². The van der Waals surface area contributed by atoms with Gasteiger partial charge in [0, 0.05) is 14.1 Å². The van der Waals surface area contributed by atoms with Crippen molar-refractivity contribution < 1.29 is 9.53 Å². The van der Waals surface area contributed by atoms with Crippen molar-refractivity contribution in [3.63, 3.8) is 0 Å². The maximum Gasteiger partial charge on any atom is 0.259 e. The summed E-state index contributed by atoms with van der Waals surface area (Å²) in [6.07, 6.45) is 0. The lowest BCUT2D eigenvalue weighted by atomic mass is 9.87. The van der Waals surface area contributed by atoms with Gasteiger partial charge in [-0.15, -0.1) is 0 Å². The summed E-state index contributed by atoms with van der Waals surface area (Å²) in [7, 11) is 3.44. The third-order valence-electron chi connectivity index (χ3n) is 2.56. The van der Waals surface area contributed by atoms with Crippen LogP contribution in [0, 0.1) is 0 Å². The number of nitrogens with zero attached hydrogens (tertiary/aromatic N) is 1. The molecule has 3 nitrogen and oxygen atoms in total. The second-order valence-electron chi connectivity index (χ2n) is 5.35. The van der Waals surface area contributed by atoms with Gasteiger partial charge in [0.2, 0.25) is 0 Å². The normalized spacial score (nSPS) is 11.1. The summed E-state index contributed by atoms with van der Waals surface area (Å²) in [5.74, 6) is 0.707. The average Bonchev–Trinajstić information content (AvgIpc) is 2.25. The van der Waals surface area contributed by atoms with E-state index in [1.54, 1.807) is 14.1 Å². The number of carbonyl (C=O) groups is 1. The second kappa shape index (κ2) is 5.21. The summed E-state index contributed by atoms with van der Waals surface area (Å²) in [5, 5.41) is 0. The molecule has 0 saturated heterocycles. The van der Waals surface area contributed by atoms with Crippen molar-refractivity contribution in [2.24, 2.45) is 0 Å². The van der Waals surface area contributed by atoms with Gasteiger partial charge in [-0.3, -0.25) is 4.79 Å². The highest BCUT2D eigenvalue weighted by Crippen LogP contribution is 2.25. The van der Waals surface area contributed by atoms with Crippen molar-refractivity contribution in [3.05, 3.63) is 29.8 Å². The van der Waals surface area contributed by atoms with Crippen LogP contribution < -0.4 is 4.74 Å². The number of carbonyl (C=O) groups excluding carboxylic acids is 1. The van der Waals surface area contributed by atoms with Gasteiger partial charge in [-0.2, -0.15) is 0 Å². The van der Waals surface area contributed by atoms with Crippen LogP contribution in [0.5, 0.6) is 5.75 Å². The van der Waals surface area contributed by atoms with Gasteiger partial charge in [0.15, 0.2) is 6.61 Å². The Morgan fingerprint density at radius 1 is 1.29 bits per heavy atom. The van der Waals surface area contributed by atoms with E-state index in [0.29, 0.717) is 0 Å². The van der Waals surface area contributed by atoms with E-state index in [2.05, 4.69) is 26.8 Å². The standard InChI is InChI=1S/C14H21NO2/c1-14(2,3)11-7-6-8-12(9-11)17-10-13(16)15(4)5/h6-9H,10H2,1-5H3. The maximum absolute atomic E-state index is 11.4. The van der Waals surface area contributed by atoms with Crippen LogP contribution in [0.1, 0.15) is 26.3 Å². The first kappa shape index (κ1) is 13.6. The van der Waals surface area contributed by atoms with Gasteiger partial charge >= 0.3 is 0 Å². The van der Waals surface area contributed by atoms with Gasteiger partial charge in [0.1, 0.15) is 5.75 Å². The van der Waals surface area contributed by atoms with Crippen LogP contribution in [0.15, 0.2) is 24.3 Å². The molecule has 1 aromatic rings. The van der Waals surface area contributed by atoms with E-state index in [9.17, 15) is 4.79 Å². The van der Waals surface area contributed by atoms with Crippen LogP contribution in [-0.4, -0.2) is 31.5 Å². The quantitative estimate of drug-likeness (QED) is 0.805. The molecule has 17 heavy (non-hydrogen) atoms. The highest BCUT2D eigenvalue weighted by Gasteiger charge is 2.14. The van der Waals surface area contributed by atoms with Gasteiger partial charge in [-0.25, -0.2) is 0 Å². The van der Waals surface area contributed by atoms with Gasteiger partial charge in [-0.05, 0) is 23.1 Å². The topological polar surface area (TPSA) is 29.5 Å². The molecule has 1 amide bonds. The number of rotatable bonds is 3. The Balaban J connectivity index is 2.70. The Labute approximate surface area is 103 Å². The van der Waals surface area contributed by atoms with E-state index in [-0.39, 0.29) is 17.9 Å². The number of amides is 1. The predicted octanol–water partition coefficient (Wildman–Crippen LogP) is 2.45. The molecule has 0 heterocycles. The van der Waals surface area contributed by atoms with Crippen molar-refractivity contribution in [1.82, 2.24) is 4.90 Å². The van der Waals surface area contributed by atoms with Crippen molar-refractivity contribution in [3.8, 4) is 5.75 Å². The molecule has 94 valence electrons. The van der Waals surface area contributed by atoms with Crippen molar-refractivity contribution >= 4 is 5.91 Å². The number of benzene rings is 1. The molecular weight excluding hydrogens is 214 g/mol. The van der Waals surface area contributed by atoms with E-state index in [1.165, 1.54) is 10.5 Å². The molecule has 0 aliphatic heterocycles. The smallest absolute Gasteiger partial charge is 0.259 e. The summed E-state index contributed by atoms with van der Waals surface area (Å²) < 4.78 is 5.47. The van der Waals surface area contributed by atoms with E-state index >= 15 is 0 Å². The Morgan fingerprint density at radius 3 is 2.47 bits per heavy atom. The highest BCUT2D eigenvalue weighted by atomic mass is 16.5. The molecule has 0 radical (unpaired) electrons. The van der Waals surface area contributed by atoms with Crippen LogP contribution >= 0.6 is 0 Å². The number of hydrogen-bond acceptors (Lipinski definition) is 2. The molecule has 0 N–H and O–H groups in total. The zero-order chi connectivity index (χ0) is 13.1. The molecule has 0 unspecified atom stereocenters. The lowest BCUT2D eigenvalue weighted by Gasteiger charge is -2.20. The first-order chi connectivity index (χ1) is 7.80. The fourth-order valence-corrected chi connectivity index (χ4v) is 1.33. The van der Waals surface area contributed by atoms with Crippen molar-refractivity contribution in [1.29, 1.82) is 0 Å². The van der Waals surface area contributed by atoms with Crippen LogP contribution in [0.2, 0.25) is 0 Å². The molecule has 1 aromatic carbocycles. The lowest BCUT2D eigenvalue weighted by Crippen LogP contribution is -2.27. The van der Waals surface area contributed by atoms with E-state index in [1.807, 2.05) is 18.2 Å². The Kier molecular flexibility index (Phi) is 4.16. The molecule has 0 bridgehead atoms. The summed E-state index contributed by atoms with van der Waals surface area (Å²) in [4.78, 5) is 12.9. The van der Waals surface area contributed by atoms with Crippen LogP contribution in [-0.2, 0) is 10.2 Å². The molecule has 0 aliphatic carbocycles.